The van der Waals surface area contributed by atoms with Gasteiger partial charge < -0.3 is 5.32 Å². The number of hydrogen-bond acceptors (Lipinski definition) is 2. The fourth-order valence-electron chi connectivity index (χ4n) is 3.76. The van der Waals surface area contributed by atoms with Crippen molar-refractivity contribution in [3.63, 3.8) is 0 Å². The molecule has 1 amide bonds. The number of hydrogen-bond donors (Lipinski definition) is 1. The van der Waals surface area contributed by atoms with E-state index in [-0.39, 0.29) is 11.8 Å². The van der Waals surface area contributed by atoms with Crippen LogP contribution in [0.1, 0.15) is 18.4 Å². The first-order valence-corrected chi connectivity index (χ1v) is 10.2. The number of carbonyl (C=O) groups excluding carboxylic acids is 1. The molecule has 1 heterocycles. The number of piperidine rings is 1. The van der Waals surface area contributed by atoms with Crippen LogP contribution in [-0.2, 0) is 11.3 Å². The third kappa shape index (κ3) is 4.57. The monoisotopic (exact) mass is 422 g/mol. The molecule has 0 atom stereocenters. The summed E-state index contributed by atoms with van der Waals surface area (Å²) in [6.07, 6.45) is 1.82. The number of nitrogens with one attached hydrogen (secondary N) is 1. The van der Waals surface area contributed by atoms with Gasteiger partial charge >= 0.3 is 0 Å². The van der Waals surface area contributed by atoms with Gasteiger partial charge in [-0.1, -0.05) is 58.4 Å². The van der Waals surface area contributed by atoms with Crippen LogP contribution in [0.3, 0.4) is 0 Å². The van der Waals surface area contributed by atoms with E-state index in [2.05, 4.69) is 68.6 Å². The number of halogens is 1. The smallest absolute Gasteiger partial charge is 0.227 e. The number of fused-ring (bicyclic) bond motifs is 1. The van der Waals surface area contributed by atoms with E-state index in [1.807, 2.05) is 24.3 Å². The van der Waals surface area contributed by atoms with Gasteiger partial charge in [-0.15, -0.1) is 0 Å². The number of likely N-dealkylation sites (tertiary alicyclic amines) is 1. The highest BCUT2D eigenvalue weighted by molar-refractivity contribution is 9.10. The van der Waals surface area contributed by atoms with Crippen LogP contribution in [0.5, 0.6) is 0 Å². The number of amides is 1. The summed E-state index contributed by atoms with van der Waals surface area (Å²) in [4.78, 5) is 15.1. The Morgan fingerprint density at radius 1 is 0.963 bits per heavy atom. The molecular weight excluding hydrogens is 400 g/mol. The lowest BCUT2D eigenvalue weighted by Gasteiger charge is -2.31. The summed E-state index contributed by atoms with van der Waals surface area (Å²) in [6.45, 7) is 2.86. The van der Waals surface area contributed by atoms with Gasteiger partial charge in [-0.2, -0.15) is 0 Å². The molecule has 0 aliphatic carbocycles. The number of benzene rings is 3. The van der Waals surface area contributed by atoms with Gasteiger partial charge in [-0.05, 0) is 66.5 Å². The maximum absolute atomic E-state index is 12.7. The summed E-state index contributed by atoms with van der Waals surface area (Å²) in [5.74, 6) is 0.239. The second-order valence-electron chi connectivity index (χ2n) is 7.23. The summed E-state index contributed by atoms with van der Waals surface area (Å²) < 4.78 is 1.12. The molecule has 138 valence electrons. The molecule has 0 bridgehead atoms. The van der Waals surface area contributed by atoms with Gasteiger partial charge in [0.15, 0.2) is 0 Å². The van der Waals surface area contributed by atoms with E-state index in [0.717, 1.165) is 48.0 Å². The molecule has 3 nitrogen and oxygen atoms in total. The Morgan fingerprint density at radius 3 is 2.52 bits per heavy atom. The summed E-state index contributed by atoms with van der Waals surface area (Å²) >= 11 is 3.53. The molecule has 1 aliphatic heterocycles. The summed E-state index contributed by atoms with van der Waals surface area (Å²) in [6, 6.07) is 22.8. The third-order valence-electron chi connectivity index (χ3n) is 5.27. The molecule has 1 fully saturated rings. The Bertz CT molecular complexity index is 948. The van der Waals surface area contributed by atoms with Crippen molar-refractivity contribution in [1.29, 1.82) is 0 Å². The van der Waals surface area contributed by atoms with Crippen LogP contribution in [-0.4, -0.2) is 23.9 Å². The van der Waals surface area contributed by atoms with Gasteiger partial charge in [0.25, 0.3) is 0 Å². The number of anilines is 1. The molecule has 0 saturated carbocycles. The first-order chi connectivity index (χ1) is 13.2. The van der Waals surface area contributed by atoms with Crippen molar-refractivity contribution in [2.24, 2.45) is 5.92 Å². The first-order valence-electron chi connectivity index (χ1n) is 9.44. The molecule has 0 radical (unpaired) electrons. The van der Waals surface area contributed by atoms with Gasteiger partial charge in [0.05, 0.1) is 0 Å². The molecule has 3 aromatic carbocycles. The van der Waals surface area contributed by atoms with Crippen LogP contribution in [0.15, 0.2) is 71.2 Å². The number of nitrogens with zero attached hydrogens (tertiary/aromatic N) is 1. The minimum absolute atomic E-state index is 0.0928. The van der Waals surface area contributed by atoms with E-state index in [9.17, 15) is 4.79 Å². The molecule has 1 N–H and O–H groups in total. The largest absolute Gasteiger partial charge is 0.326 e. The second-order valence-corrected chi connectivity index (χ2v) is 8.15. The standard InChI is InChI=1S/C23H23BrN2O/c24-21-7-3-4-17(14-21)16-26-12-10-19(11-13-26)23(27)25-22-9-8-18-5-1-2-6-20(18)15-22/h1-9,14-15,19H,10-13,16H2,(H,25,27). The average molecular weight is 423 g/mol. The second kappa shape index (κ2) is 8.24. The van der Waals surface area contributed by atoms with E-state index >= 15 is 0 Å². The lowest BCUT2D eigenvalue weighted by atomic mass is 9.95. The minimum Gasteiger partial charge on any atom is -0.326 e. The van der Waals surface area contributed by atoms with E-state index in [4.69, 9.17) is 0 Å². The van der Waals surface area contributed by atoms with Crippen LogP contribution in [0, 0.1) is 5.92 Å². The molecule has 0 aromatic heterocycles. The van der Waals surface area contributed by atoms with E-state index in [0.29, 0.717) is 0 Å². The Morgan fingerprint density at radius 2 is 1.74 bits per heavy atom. The Balaban J connectivity index is 1.32. The zero-order valence-electron chi connectivity index (χ0n) is 15.2. The zero-order valence-corrected chi connectivity index (χ0v) is 16.8. The lowest BCUT2D eigenvalue weighted by molar-refractivity contribution is -0.121. The van der Waals surface area contributed by atoms with Crippen LogP contribution in [0.4, 0.5) is 5.69 Å². The van der Waals surface area contributed by atoms with Gasteiger partial charge in [0, 0.05) is 22.6 Å². The Labute approximate surface area is 168 Å². The zero-order chi connectivity index (χ0) is 18.6. The molecule has 3 aromatic rings. The van der Waals surface area contributed by atoms with Gasteiger partial charge in [0.1, 0.15) is 0 Å². The van der Waals surface area contributed by atoms with Crippen molar-refractivity contribution < 1.29 is 4.79 Å². The molecular formula is C23H23BrN2O. The SMILES string of the molecule is O=C(Nc1ccc2ccccc2c1)C1CCN(Cc2cccc(Br)c2)CC1. The van der Waals surface area contributed by atoms with Crippen molar-refractivity contribution in [3.8, 4) is 0 Å². The lowest BCUT2D eigenvalue weighted by Crippen LogP contribution is -2.37. The van der Waals surface area contributed by atoms with Crippen LogP contribution >= 0.6 is 15.9 Å². The van der Waals surface area contributed by atoms with E-state index in [1.54, 1.807) is 0 Å². The van der Waals surface area contributed by atoms with Gasteiger partial charge in [0.2, 0.25) is 5.91 Å². The highest BCUT2D eigenvalue weighted by Gasteiger charge is 2.25. The van der Waals surface area contributed by atoms with Crippen molar-refractivity contribution >= 4 is 38.3 Å². The Hall–Kier alpha value is -2.17. The summed E-state index contributed by atoms with van der Waals surface area (Å²) in [5.41, 5.74) is 2.19. The number of rotatable bonds is 4. The molecule has 27 heavy (non-hydrogen) atoms. The molecule has 1 aliphatic rings. The fraction of sp³-hybridized carbons (Fsp3) is 0.261. The summed E-state index contributed by atoms with van der Waals surface area (Å²) in [5, 5.41) is 5.46. The molecule has 0 unspecified atom stereocenters. The van der Waals surface area contributed by atoms with Gasteiger partial charge in [-0.25, -0.2) is 0 Å². The highest BCUT2D eigenvalue weighted by Crippen LogP contribution is 2.23. The molecule has 0 spiro atoms. The highest BCUT2D eigenvalue weighted by atomic mass is 79.9. The molecule has 4 heteroatoms. The van der Waals surface area contributed by atoms with Crippen molar-refractivity contribution in [1.82, 2.24) is 4.90 Å². The average Bonchev–Trinajstić information content (AvgIpc) is 2.68. The van der Waals surface area contributed by atoms with Crippen molar-refractivity contribution in [2.75, 3.05) is 18.4 Å². The normalized spacial score (nSPS) is 15.7. The fourth-order valence-corrected chi connectivity index (χ4v) is 4.20. The topological polar surface area (TPSA) is 32.3 Å². The predicted molar refractivity (Wildman–Crippen MR) is 115 cm³/mol. The summed E-state index contributed by atoms with van der Waals surface area (Å²) in [7, 11) is 0. The molecule has 4 rings (SSSR count). The Kier molecular flexibility index (Phi) is 5.55. The minimum atomic E-state index is 0.0928. The predicted octanol–water partition coefficient (Wildman–Crippen LogP) is 5.45. The van der Waals surface area contributed by atoms with E-state index in [1.165, 1.54) is 10.9 Å². The van der Waals surface area contributed by atoms with Crippen molar-refractivity contribution in [3.05, 3.63) is 76.8 Å². The quantitative estimate of drug-likeness (QED) is 0.605. The maximum atomic E-state index is 12.7. The van der Waals surface area contributed by atoms with Crippen LogP contribution in [0.25, 0.3) is 10.8 Å². The number of carbonyl (C=O) groups is 1. The first kappa shape index (κ1) is 18.2. The molecule has 1 saturated heterocycles. The van der Waals surface area contributed by atoms with Crippen molar-refractivity contribution in [2.45, 2.75) is 19.4 Å². The van der Waals surface area contributed by atoms with Crippen LogP contribution in [0.2, 0.25) is 0 Å². The van der Waals surface area contributed by atoms with Gasteiger partial charge in [-0.3, -0.25) is 9.69 Å². The maximum Gasteiger partial charge on any atom is 0.227 e. The van der Waals surface area contributed by atoms with E-state index < -0.39 is 0 Å². The third-order valence-corrected chi connectivity index (χ3v) is 5.76. The van der Waals surface area contributed by atoms with Crippen LogP contribution < -0.4 is 5.32 Å².